The van der Waals surface area contributed by atoms with Gasteiger partial charge in [-0.3, -0.25) is 14.4 Å². The molecule has 0 bridgehead atoms. The highest BCUT2D eigenvalue weighted by Gasteiger charge is 2.37. The Morgan fingerprint density at radius 2 is 1.79 bits per heavy atom. The lowest BCUT2D eigenvalue weighted by Gasteiger charge is -2.45. The molecule has 1 aromatic carbocycles. The highest BCUT2D eigenvalue weighted by molar-refractivity contribution is 6.39. The molecule has 8 heteroatoms. The van der Waals surface area contributed by atoms with Crippen LogP contribution in [0.4, 0.5) is 0 Å². The molecule has 3 amide bonds. The lowest BCUT2D eigenvalue weighted by molar-refractivity contribution is -0.143. The van der Waals surface area contributed by atoms with Gasteiger partial charge in [0.25, 0.3) is 5.91 Å². The molecule has 1 N–H and O–H groups in total. The Kier molecular flexibility index (Phi) is 6.28. The molecule has 0 aromatic heterocycles. The van der Waals surface area contributed by atoms with Gasteiger partial charge in [-0.25, -0.2) is 5.43 Å². The zero-order chi connectivity index (χ0) is 20.1. The molecule has 150 valence electrons. The van der Waals surface area contributed by atoms with Crippen LogP contribution in [0.1, 0.15) is 33.1 Å². The van der Waals surface area contributed by atoms with Gasteiger partial charge in [0, 0.05) is 38.0 Å². The first-order valence-electron chi connectivity index (χ1n) is 9.61. The quantitative estimate of drug-likeness (QED) is 0.822. The number of nitrogens with one attached hydrogen (secondary N) is 1. The lowest BCUT2D eigenvalue weighted by Crippen LogP contribution is -2.61. The lowest BCUT2D eigenvalue weighted by atomic mass is 10.0. The third-order valence-electron chi connectivity index (χ3n) is 5.32. The second kappa shape index (κ2) is 8.86. The van der Waals surface area contributed by atoms with Gasteiger partial charge in [0.05, 0.1) is 13.0 Å². The summed E-state index contributed by atoms with van der Waals surface area (Å²) in [7, 11) is 0. The van der Waals surface area contributed by atoms with Crippen LogP contribution in [0.15, 0.2) is 35.4 Å². The molecule has 2 aliphatic heterocycles. The van der Waals surface area contributed by atoms with Crippen molar-refractivity contribution in [3.05, 3.63) is 30.3 Å². The second-order valence-corrected chi connectivity index (χ2v) is 7.07. The van der Waals surface area contributed by atoms with Crippen LogP contribution in [0.3, 0.4) is 0 Å². The fourth-order valence-electron chi connectivity index (χ4n) is 3.49. The molecule has 0 radical (unpaired) electrons. The fourth-order valence-corrected chi connectivity index (χ4v) is 3.49. The molecule has 2 atom stereocenters. The molecule has 1 aromatic rings. The van der Waals surface area contributed by atoms with Crippen LogP contribution < -0.4 is 10.2 Å². The number of carbonyl (C=O) groups excluding carboxylic acids is 3. The maximum atomic E-state index is 12.7. The maximum Gasteiger partial charge on any atom is 0.270 e. The van der Waals surface area contributed by atoms with Crippen molar-refractivity contribution in [3.8, 4) is 5.75 Å². The largest absolute Gasteiger partial charge is 0.493 e. The van der Waals surface area contributed by atoms with Crippen LogP contribution in [0.2, 0.25) is 0 Å². The van der Waals surface area contributed by atoms with Gasteiger partial charge >= 0.3 is 0 Å². The number of nitrogens with zero attached hydrogens (tertiary/aromatic N) is 3. The standard InChI is InChI=1S/C20H26N4O4/c1-14-15(2)24(20(27)17-8-9-18(25)22-21-17)12-11-23(14)19(26)10-13-28-16-6-4-3-5-7-16/h3-7,14-15H,8-13H2,1-2H3,(H,22,25)/t14-,15-/m1/s1. The predicted octanol–water partition coefficient (Wildman–Crippen LogP) is 1.17. The Morgan fingerprint density at radius 1 is 1.11 bits per heavy atom. The molecular formula is C20H26N4O4. The number of para-hydroxylation sites is 1. The van der Waals surface area contributed by atoms with Crippen LogP contribution in [-0.4, -0.2) is 65.0 Å². The molecule has 28 heavy (non-hydrogen) atoms. The monoisotopic (exact) mass is 386 g/mol. The van der Waals surface area contributed by atoms with Gasteiger partial charge in [-0.2, -0.15) is 5.10 Å². The smallest absolute Gasteiger partial charge is 0.270 e. The van der Waals surface area contributed by atoms with E-state index in [4.69, 9.17) is 4.74 Å². The molecule has 0 saturated carbocycles. The van der Waals surface area contributed by atoms with Gasteiger partial charge in [-0.05, 0) is 26.0 Å². The minimum Gasteiger partial charge on any atom is -0.493 e. The zero-order valence-corrected chi connectivity index (χ0v) is 16.3. The van der Waals surface area contributed by atoms with Gasteiger partial charge in [0.1, 0.15) is 11.5 Å². The third kappa shape index (κ3) is 4.49. The Hall–Kier alpha value is -2.90. The van der Waals surface area contributed by atoms with Crippen molar-refractivity contribution in [1.82, 2.24) is 15.2 Å². The minimum absolute atomic E-state index is 0.0182. The summed E-state index contributed by atoms with van der Waals surface area (Å²) in [4.78, 5) is 40.1. The third-order valence-corrected chi connectivity index (χ3v) is 5.32. The maximum absolute atomic E-state index is 12.7. The minimum atomic E-state index is -0.175. The Bertz CT molecular complexity index is 765. The van der Waals surface area contributed by atoms with E-state index in [1.807, 2.05) is 49.1 Å². The molecule has 3 rings (SSSR count). The van der Waals surface area contributed by atoms with Crippen LogP contribution in [0.25, 0.3) is 0 Å². The van der Waals surface area contributed by atoms with E-state index in [-0.39, 0.29) is 36.2 Å². The van der Waals surface area contributed by atoms with Crippen molar-refractivity contribution < 1.29 is 19.1 Å². The van der Waals surface area contributed by atoms with E-state index in [0.717, 1.165) is 5.75 Å². The molecule has 0 unspecified atom stereocenters. The second-order valence-electron chi connectivity index (χ2n) is 7.07. The molecule has 2 aliphatic rings. The molecule has 1 fully saturated rings. The summed E-state index contributed by atoms with van der Waals surface area (Å²) in [6, 6.07) is 9.15. The number of piperazine rings is 1. The van der Waals surface area contributed by atoms with Crippen LogP contribution in [-0.2, 0) is 14.4 Å². The number of hydrazone groups is 1. The average molecular weight is 386 g/mol. The van der Waals surface area contributed by atoms with Crippen LogP contribution >= 0.6 is 0 Å². The number of hydrogen-bond acceptors (Lipinski definition) is 5. The van der Waals surface area contributed by atoms with E-state index in [1.165, 1.54) is 0 Å². The van der Waals surface area contributed by atoms with E-state index < -0.39 is 0 Å². The Balaban J connectivity index is 1.53. The SMILES string of the molecule is C[C@@H]1[C@@H](C)N(C(=O)C2=NNC(=O)CC2)CCN1C(=O)CCOc1ccccc1. The van der Waals surface area contributed by atoms with Gasteiger partial charge in [-0.15, -0.1) is 0 Å². The van der Waals surface area contributed by atoms with E-state index in [1.54, 1.807) is 4.90 Å². The number of rotatable bonds is 5. The summed E-state index contributed by atoms with van der Waals surface area (Å²) in [5.74, 6) is 0.419. The van der Waals surface area contributed by atoms with E-state index in [2.05, 4.69) is 10.5 Å². The number of hydrogen-bond donors (Lipinski definition) is 1. The average Bonchev–Trinajstić information content (AvgIpc) is 2.71. The van der Waals surface area contributed by atoms with Crippen molar-refractivity contribution >= 4 is 23.4 Å². The topological polar surface area (TPSA) is 91.3 Å². The molecule has 1 saturated heterocycles. The van der Waals surface area contributed by atoms with Gasteiger partial charge < -0.3 is 14.5 Å². The van der Waals surface area contributed by atoms with Crippen molar-refractivity contribution in [2.24, 2.45) is 5.10 Å². The number of carbonyl (C=O) groups is 3. The first kappa shape index (κ1) is 19.9. The summed E-state index contributed by atoms with van der Waals surface area (Å²) in [6.45, 7) is 5.12. The van der Waals surface area contributed by atoms with Crippen molar-refractivity contribution in [3.63, 3.8) is 0 Å². The predicted molar refractivity (Wildman–Crippen MR) is 104 cm³/mol. The molecule has 0 spiro atoms. The van der Waals surface area contributed by atoms with Crippen molar-refractivity contribution in [2.75, 3.05) is 19.7 Å². The number of amides is 3. The van der Waals surface area contributed by atoms with E-state index in [0.29, 0.717) is 38.2 Å². The molecule has 0 aliphatic carbocycles. The molecule has 2 heterocycles. The highest BCUT2D eigenvalue weighted by Crippen LogP contribution is 2.20. The molecular weight excluding hydrogens is 360 g/mol. The van der Waals surface area contributed by atoms with E-state index in [9.17, 15) is 14.4 Å². The first-order chi connectivity index (χ1) is 13.5. The normalized spacial score (nSPS) is 22.4. The zero-order valence-electron chi connectivity index (χ0n) is 16.3. The molecule has 8 nitrogen and oxygen atoms in total. The fraction of sp³-hybridized carbons (Fsp3) is 0.500. The summed E-state index contributed by atoms with van der Waals surface area (Å²) >= 11 is 0. The summed E-state index contributed by atoms with van der Waals surface area (Å²) in [5.41, 5.74) is 2.73. The van der Waals surface area contributed by atoms with E-state index >= 15 is 0 Å². The van der Waals surface area contributed by atoms with Gasteiger partial charge in [-0.1, -0.05) is 18.2 Å². The van der Waals surface area contributed by atoms with Crippen LogP contribution in [0.5, 0.6) is 5.75 Å². The highest BCUT2D eigenvalue weighted by atomic mass is 16.5. The van der Waals surface area contributed by atoms with Crippen LogP contribution in [0, 0.1) is 0 Å². The Morgan fingerprint density at radius 3 is 2.46 bits per heavy atom. The van der Waals surface area contributed by atoms with Crippen molar-refractivity contribution in [2.45, 2.75) is 45.2 Å². The summed E-state index contributed by atoms with van der Waals surface area (Å²) < 4.78 is 5.61. The first-order valence-corrected chi connectivity index (χ1v) is 9.61. The number of ether oxygens (including phenoxy) is 1. The van der Waals surface area contributed by atoms with Gasteiger partial charge in [0.2, 0.25) is 11.8 Å². The summed E-state index contributed by atoms with van der Waals surface area (Å²) in [6.07, 6.45) is 0.911. The van der Waals surface area contributed by atoms with Crippen molar-refractivity contribution in [1.29, 1.82) is 0 Å². The Labute approximate surface area is 164 Å². The van der Waals surface area contributed by atoms with Gasteiger partial charge in [0.15, 0.2) is 0 Å². The number of benzene rings is 1. The summed E-state index contributed by atoms with van der Waals surface area (Å²) in [5, 5.41) is 3.90.